The van der Waals surface area contributed by atoms with Crippen molar-refractivity contribution < 1.29 is 19.4 Å². The molecule has 2 aromatic rings. The zero-order valence-corrected chi connectivity index (χ0v) is 13.5. The number of pyridine rings is 1. The Labute approximate surface area is 137 Å². The summed E-state index contributed by atoms with van der Waals surface area (Å²) in [5.41, 5.74) is 1.52. The van der Waals surface area contributed by atoms with Gasteiger partial charge in [0, 0.05) is 11.8 Å². The van der Waals surface area contributed by atoms with Crippen molar-refractivity contribution in [2.45, 2.75) is 11.9 Å². The fraction of sp³-hybridized carbons (Fsp3) is 0.188. The molecule has 1 heterocycles. The number of hydrogen-bond donors (Lipinski definition) is 1. The third kappa shape index (κ3) is 4.46. The summed E-state index contributed by atoms with van der Waals surface area (Å²) in [6, 6.07) is 8.35. The molecule has 0 spiro atoms. The number of carboxylic acid groups (broad SMARTS) is 1. The van der Waals surface area contributed by atoms with E-state index in [4.69, 9.17) is 4.74 Å². The summed E-state index contributed by atoms with van der Waals surface area (Å²) >= 11 is 1.04. The molecule has 120 valence electrons. The van der Waals surface area contributed by atoms with Crippen LogP contribution in [0.1, 0.15) is 15.9 Å². The van der Waals surface area contributed by atoms with E-state index in [1.807, 2.05) is 13.0 Å². The van der Waals surface area contributed by atoms with Gasteiger partial charge in [0.1, 0.15) is 10.8 Å². The highest BCUT2D eigenvalue weighted by molar-refractivity contribution is 8.00. The topological polar surface area (TPSA) is 91.3 Å². The molecule has 2 rings (SSSR count). The van der Waals surface area contributed by atoms with Crippen LogP contribution in [0.15, 0.2) is 41.6 Å². The molecule has 0 aliphatic heterocycles. The average molecular weight is 331 g/mol. The third-order valence-electron chi connectivity index (χ3n) is 2.96. The Bertz CT molecular complexity index is 734. The molecule has 0 radical (unpaired) electrons. The number of nitrogens with one attached hydrogen (secondary N) is 1. The lowest BCUT2D eigenvalue weighted by Gasteiger charge is -2.11. The van der Waals surface area contributed by atoms with E-state index in [1.165, 1.54) is 25.4 Å². The normalized spacial score (nSPS) is 10.2. The van der Waals surface area contributed by atoms with Gasteiger partial charge in [-0.15, -0.1) is 0 Å². The van der Waals surface area contributed by atoms with Crippen molar-refractivity contribution in [1.29, 1.82) is 0 Å². The van der Waals surface area contributed by atoms with Crippen molar-refractivity contribution in [3.05, 3.63) is 47.7 Å². The Hall–Kier alpha value is -2.54. The first-order valence-corrected chi connectivity index (χ1v) is 7.73. The number of carboxylic acids is 1. The second-order valence-electron chi connectivity index (χ2n) is 4.68. The van der Waals surface area contributed by atoms with E-state index in [0.717, 1.165) is 17.3 Å². The molecule has 1 aromatic carbocycles. The van der Waals surface area contributed by atoms with Gasteiger partial charge in [0.25, 0.3) is 0 Å². The molecule has 0 saturated carbocycles. The van der Waals surface area contributed by atoms with E-state index in [-0.39, 0.29) is 22.2 Å². The summed E-state index contributed by atoms with van der Waals surface area (Å²) < 4.78 is 5.19. The third-order valence-corrected chi connectivity index (χ3v) is 3.97. The van der Waals surface area contributed by atoms with Crippen molar-refractivity contribution in [3.8, 4) is 5.75 Å². The minimum absolute atomic E-state index is 0.0222. The number of methoxy groups -OCH3 is 1. The fourth-order valence-electron chi connectivity index (χ4n) is 1.90. The van der Waals surface area contributed by atoms with Crippen molar-refractivity contribution in [2.75, 3.05) is 18.2 Å². The number of anilines is 1. The molecule has 1 amide bonds. The van der Waals surface area contributed by atoms with Gasteiger partial charge < -0.3 is 20.0 Å². The number of benzene rings is 1. The van der Waals surface area contributed by atoms with Gasteiger partial charge >= 0.3 is 0 Å². The Kier molecular flexibility index (Phi) is 5.59. The quantitative estimate of drug-likeness (QED) is 0.807. The monoisotopic (exact) mass is 331 g/mol. The first kappa shape index (κ1) is 16.8. The summed E-state index contributed by atoms with van der Waals surface area (Å²) in [5, 5.41) is 14.0. The summed E-state index contributed by atoms with van der Waals surface area (Å²) in [7, 11) is 1.52. The van der Waals surface area contributed by atoms with Crippen molar-refractivity contribution in [1.82, 2.24) is 4.98 Å². The van der Waals surface area contributed by atoms with Gasteiger partial charge in [-0.1, -0.05) is 17.8 Å². The maximum absolute atomic E-state index is 12.1. The number of aromatic carboxylic acids is 1. The van der Waals surface area contributed by atoms with Crippen LogP contribution in [0.3, 0.4) is 0 Å². The highest BCUT2D eigenvalue weighted by Gasteiger charge is 2.11. The molecule has 6 nitrogen and oxygen atoms in total. The Morgan fingerprint density at radius 3 is 2.83 bits per heavy atom. The minimum Gasteiger partial charge on any atom is -0.545 e. The van der Waals surface area contributed by atoms with Crippen LogP contribution < -0.4 is 15.2 Å². The summed E-state index contributed by atoms with van der Waals surface area (Å²) in [4.78, 5) is 27.0. The van der Waals surface area contributed by atoms with Crippen LogP contribution in [-0.4, -0.2) is 29.7 Å². The number of rotatable bonds is 6. The SMILES string of the molecule is COc1ccc(C)cc1NC(=O)CSc1ncccc1C(=O)[O-]. The first-order valence-electron chi connectivity index (χ1n) is 6.75. The number of amides is 1. The molecule has 0 fully saturated rings. The van der Waals surface area contributed by atoms with E-state index in [1.54, 1.807) is 12.1 Å². The molecule has 1 N–H and O–H groups in total. The van der Waals surface area contributed by atoms with Crippen molar-refractivity contribution in [2.24, 2.45) is 0 Å². The number of carbonyl (C=O) groups is 2. The smallest absolute Gasteiger partial charge is 0.234 e. The second kappa shape index (κ2) is 7.64. The fourth-order valence-corrected chi connectivity index (χ4v) is 2.68. The van der Waals surface area contributed by atoms with Crippen LogP contribution in [-0.2, 0) is 4.79 Å². The molecule has 7 heteroatoms. The molecule has 23 heavy (non-hydrogen) atoms. The van der Waals surface area contributed by atoms with Gasteiger partial charge in [-0.3, -0.25) is 4.79 Å². The zero-order valence-electron chi connectivity index (χ0n) is 12.7. The Morgan fingerprint density at radius 2 is 2.13 bits per heavy atom. The number of ether oxygens (including phenoxy) is 1. The Morgan fingerprint density at radius 1 is 1.35 bits per heavy atom. The lowest BCUT2D eigenvalue weighted by Crippen LogP contribution is -2.23. The number of thioether (sulfide) groups is 1. The maximum atomic E-state index is 12.1. The number of carbonyl (C=O) groups excluding carboxylic acids is 2. The van der Waals surface area contributed by atoms with Gasteiger partial charge in [0.15, 0.2) is 0 Å². The number of aryl methyl sites for hydroxylation is 1. The van der Waals surface area contributed by atoms with Crippen molar-refractivity contribution >= 4 is 29.3 Å². The standard InChI is InChI=1S/C16H16N2O4S/c1-10-5-6-13(22-2)12(8-10)18-14(19)9-23-15-11(16(20)21)4-3-7-17-15/h3-8H,9H2,1-2H3,(H,18,19)(H,20,21)/p-1. The summed E-state index contributed by atoms with van der Waals surface area (Å²) in [6.45, 7) is 1.91. The van der Waals surface area contributed by atoms with Gasteiger partial charge in [0.2, 0.25) is 5.91 Å². The largest absolute Gasteiger partial charge is 0.545 e. The molecular formula is C16H15N2O4S-. The molecule has 1 aromatic heterocycles. The van der Waals surface area contributed by atoms with Gasteiger partial charge in [0.05, 0.1) is 24.5 Å². The van der Waals surface area contributed by atoms with E-state index >= 15 is 0 Å². The molecular weight excluding hydrogens is 316 g/mol. The number of nitrogens with zero attached hydrogens (tertiary/aromatic N) is 1. The maximum Gasteiger partial charge on any atom is 0.234 e. The summed E-state index contributed by atoms with van der Waals surface area (Å²) in [5.74, 6) is -1.02. The Balaban J connectivity index is 2.04. The lowest BCUT2D eigenvalue weighted by atomic mass is 10.2. The van der Waals surface area contributed by atoms with Crippen LogP contribution in [0.4, 0.5) is 5.69 Å². The summed E-state index contributed by atoms with van der Waals surface area (Å²) in [6.07, 6.45) is 1.47. The molecule has 0 saturated heterocycles. The molecule has 0 bridgehead atoms. The molecule has 0 aliphatic carbocycles. The van der Waals surface area contributed by atoms with Crippen LogP contribution in [0.2, 0.25) is 0 Å². The minimum atomic E-state index is -1.32. The predicted molar refractivity (Wildman–Crippen MR) is 85.7 cm³/mol. The second-order valence-corrected chi connectivity index (χ2v) is 5.65. The van der Waals surface area contributed by atoms with Gasteiger partial charge in [-0.2, -0.15) is 0 Å². The van der Waals surface area contributed by atoms with Crippen LogP contribution in [0.25, 0.3) is 0 Å². The number of hydrogen-bond acceptors (Lipinski definition) is 6. The van der Waals surface area contributed by atoms with E-state index in [9.17, 15) is 14.7 Å². The van der Waals surface area contributed by atoms with Crippen LogP contribution in [0.5, 0.6) is 5.75 Å². The first-order chi connectivity index (χ1) is 11.0. The molecule has 0 unspecified atom stereocenters. The van der Waals surface area contributed by atoms with Crippen LogP contribution >= 0.6 is 11.8 Å². The van der Waals surface area contributed by atoms with E-state index < -0.39 is 5.97 Å². The van der Waals surface area contributed by atoms with E-state index in [2.05, 4.69) is 10.3 Å². The average Bonchev–Trinajstić information content (AvgIpc) is 2.53. The number of aromatic nitrogens is 1. The van der Waals surface area contributed by atoms with Crippen LogP contribution in [0, 0.1) is 6.92 Å². The molecule has 0 aliphatic rings. The van der Waals surface area contributed by atoms with E-state index in [0.29, 0.717) is 11.4 Å². The zero-order chi connectivity index (χ0) is 16.8. The van der Waals surface area contributed by atoms with Gasteiger partial charge in [-0.25, -0.2) is 4.98 Å². The highest BCUT2D eigenvalue weighted by atomic mass is 32.2. The highest BCUT2D eigenvalue weighted by Crippen LogP contribution is 2.26. The predicted octanol–water partition coefficient (Wildman–Crippen LogP) is 1.49. The lowest BCUT2D eigenvalue weighted by molar-refractivity contribution is -0.255. The molecule has 0 atom stereocenters. The van der Waals surface area contributed by atoms with Gasteiger partial charge in [-0.05, 0) is 36.8 Å². The van der Waals surface area contributed by atoms with Crippen molar-refractivity contribution in [3.63, 3.8) is 0 Å².